The molecule has 1 N–H and O–H groups in total. The smallest absolute Gasteiger partial charge is 0.335 e. The lowest BCUT2D eigenvalue weighted by molar-refractivity contribution is -0.122. The number of anilines is 1. The van der Waals surface area contributed by atoms with Gasteiger partial charge in [-0.2, -0.15) is 0 Å². The van der Waals surface area contributed by atoms with Crippen molar-refractivity contribution in [1.82, 2.24) is 0 Å². The van der Waals surface area contributed by atoms with Gasteiger partial charge in [0.15, 0.2) is 0 Å². The van der Waals surface area contributed by atoms with Gasteiger partial charge < -0.3 is 5.11 Å². The Hall–Kier alpha value is -4.25. The predicted octanol–water partition coefficient (Wildman–Crippen LogP) is 4.81. The SMILES string of the molecule is O=C(O)c1ccc(N2C(=O)C3C4C=CC(C4=C(c4ccccc4)c4ccccc4)C3C2=O)cc1. The van der Waals surface area contributed by atoms with E-state index in [0.717, 1.165) is 22.3 Å². The van der Waals surface area contributed by atoms with Crippen molar-refractivity contribution >= 4 is 29.0 Å². The molecule has 4 unspecified atom stereocenters. The number of hydrogen-bond acceptors (Lipinski definition) is 3. The van der Waals surface area contributed by atoms with Crippen molar-refractivity contribution in [3.8, 4) is 0 Å². The van der Waals surface area contributed by atoms with E-state index in [1.165, 1.54) is 29.2 Å². The summed E-state index contributed by atoms with van der Waals surface area (Å²) in [5.41, 5.74) is 4.91. The molecule has 2 bridgehead atoms. The van der Waals surface area contributed by atoms with Crippen LogP contribution in [0.1, 0.15) is 21.5 Å². The molecule has 5 heteroatoms. The number of aromatic carboxylic acids is 1. The molecule has 5 nitrogen and oxygen atoms in total. The molecule has 1 aliphatic heterocycles. The zero-order valence-electron chi connectivity index (χ0n) is 18.2. The number of carboxylic acids is 1. The summed E-state index contributed by atoms with van der Waals surface area (Å²) >= 11 is 0. The monoisotopic (exact) mass is 447 g/mol. The van der Waals surface area contributed by atoms with Gasteiger partial charge in [0.25, 0.3) is 0 Å². The van der Waals surface area contributed by atoms with E-state index in [2.05, 4.69) is 36.4 Å². The Balaban J connectivity index is 1.44. The highest BCUT2D eigenvalue weighted by molar-refractivity contribution is 6.23. The molecule has 3 aromatic carbocycles. The molecule has 2 aliphatic carbocycles. The van der Waals surface area contributed by atoms with Crippen LogP contribution in [0.3, 0.4) is 0 Å². The number of fused-ring (bicyclic) bond motifs is 5. The largest absolute Gasteiger partial charge is 0.478 e. The number of carbonyl (C=O) groups is 3. The fourth-order valence-corrected chi connectivity index (χ4v) is 5.81. The standard InChI is InChI=1S/C29H21NO4/c31-27-25-21-15-16-22(26(25)28(32)30(27)20-13-11-19(12-14-20)29(33)34)24(21)23(17-7-3-1-4-8-17)18-9-5-2-6-10-18/h1-16,21-22,25-26H,(H,33,34). The number of carbonyl (C=O) groups excluding carboxylic acids is 2. The summed E-state index contributed by atoms with van der Waals surface area (Å²) in [7, 11) is 0. The fourth-order valence-electron chi connectivity index (χ4n) is 5.81. The Bertz CT molecular complexity index is 1300. The van der Waals surface area contributed by atoms with Gasteiger partial charge in [-0.15, -0.1) is 0 Å². The average molecular weight is 447 g/mol. The van der Waals surface area contributed by atoms with Gasteiger partial charge >= 0.3 is 5.97 Å². The predicted molar refractivity (Wildman–Crippen MR) is 128 cm³/mol. The third kappa shape index (κ3) is 2.90. The van der Waals surface area contributed by atoms with E-state index in [-0.39, 0.29) is 29.2 Å². The number of rotatable bonds is 4. The van der Waals surface area contributed by atoms with E-state index < -0.39 is 17.8 Å². The maximum absolute atomic E-state index is 13.6. The summed E-state index contributed by atoms with van der Waals surface area (Å²) in [6.45, 7) is 0. The molecule has 2 amide bonds. The van der Waals surface area contributed by atoms with E-state index in [0.29, 0.717) is 5.69 Å². The van der Waals surface area contributed by atoms with Gasteiger partial charge in [0, 0.05) is 11.8 Å². The summed E-state index contributed by atoms with van der Waals surface area (Å²) in [5.74, 6) is -2.66. The van der Waals surface area contributed by atoms with Crippen LogP contribution in [-0.2, 0) is 9.59 Å². The van der Waals surface area contributed by atoms with E-state index in [9.17, 15) is 14.4 Å². The number of allylic oxidation sites excluding steroid dienone is 3. The average Bonchev–Trinajstić information content (AvgIpc) is 3.50. The van der Waals surface area contributed by atoms with E-state index in [4.69, 9.17) is 5.11 Å². The van der Waals surface area contributed by atoms with Crippen LogP contribution in [0, 0.1) is 23.7 Å². The van der Waals surface area contributed by atoms with Crippen LogP contribution in [0.4, 0.5) is 5.69 Å². The second-order valence-electron chi connectivity index (χ2n) is 8.91. The normalized spacial score (nSPS) is 24.6. The first-order valence-electron chi connectivity index (χ1n) is 11.3. The van der Waals surface area contributed by atoms with Crippen molar-refractivity contribution in [3.05, 3.63) is 119 Å². The van der Waals surface area contributed by atoms with Crippen LogP contribution in [0.15, 0.2) is 103 Å². The molecule has 6 rings (SSSR count). The molecule has 4 atom stereocenters. The summed E-state index contributed by atoms with van der Waals surface area (Å²) in [6.07, 6.45) is 4.16. The number of benzene rings is 3. The molecule has 0 radical (unpaired) electrons. The zero-order chi connectivity index (χ0) is 23.4. The van der Waals surface area contributed by atoms with Gasteiger partial charge in [-0.3, -0.25) is 9.59 Å². The molecular weight excluding hydrogens is 426 g/mol. The first-order chi connectivity index (χ1) is 16.6. The molecule has 3 aliphatic rings. The molecule has 166 valence electrons. The van der Waals surface area contributed by atoms with Gasteiger partial charge in [-0.25, -0.2) is 9.69 Å². The van der Waals surface area contributed by atoms with Crippen molar-refractivity contribution in [2.75, 3.05) is 4.90 Å². The van der Waals surface area contributed by atoms with Gasteiger partial charge in [0.05, 0.1) is 23.1 Å². The maximum Gasteiger partial charge on any atom is 0.335 e. The summed E-state index contributed by atoms with van der Waals surface area (Å²) in [6, 6.07) is 26.2. The van der Waals surface area contributed by atoms with Gasteiger partial charge in [-0.05, 0) is 46.5 Å². The van der Waals surface area contributed by atoms with Gasteiger partial charge in [0.1, 0.15) is 0 Å². The Morgan fingerprint density at radius 2 is 1.12 bits per heavy atom. The lowest BCUT2D eigenvalue weighted by Gasteiger charge is -2.21. The third-order valence-corrected chi connectivity index (χ3v) is 7.20. The lowest BCUT2D eigenvalue weighted by Crippen LogP contribution is -2.33. The maximum atomic E-state index is 13.6. The molecule has 2 fully saturated rings. The Labute approximate surface area is 196 Å². The zero-order valence-corrected chi connectivity index (χ0v) is 18.2. The molecule has 1 heterocycles. The van der Waals surface area contributed by atoms with Crippen LogP contribution in [0.25, 0.3) is 5.57 Å². The van der Waals surface area contributed by atoms with Crippen LogP contribution < -0.4 is 4.90 Å². The molecule has 3 aromatic rings. The Kier molecular flexibility index (Phi) is 4.59. The van der Waals surface area contributed by atoms with Gasteiger partial charge in [-0.1, -0.05) is 72.8 Å². The summed E-state index contributed by atoms with van der Waals surface area (Å²) in [4.78, 5) is 39.6. The number of hydrogen-bond donors (Lipinski definition) is 1. The van der Waals surface area contributed by atoms with Crippen molar-refractivity contribution in [3.63, 3.8) is 0 Å². The second kappa shape index (κ2) is 7.66. The van der Waals surface area contributed by atoms with Crippen LogP contribution in [-0.4, -0.2) is 22.9 Å². The highest BCUT2D eigenvalue weighted by atomic mass is 16.4. The van der Waals surface area contributed by atoms with E-state index in [1.54, 1.807) is 0 Å². The van der Waals surface area contributed by atoms with Crippen LogP contribution in [0.5, 0.6) is 0 Å². The number of imide groups is 1. The van der Waals surface area contributed by atoms with Crippen LogP contribution in [0.2, 0.25) is 0 Å². The van der Waals surface area contributed by atoms with E-state index >= 15 is 0 Å². The molecule has 1 saturated carbocycles. The quantitative estimate of drug-likeness (QED) is 0.460. The minimum Gasteiger partial charge on any atom is -0.478 e. The van der Waals surface area contributed by atoms with Gasteiger partial charge in [0.2, 0.25) is 11.8 Å². The molecule has 1 saturated heterocycles. The number of nitrogens with zero attached hydrogens (tertiary/aromatic N) is 1. The number of amides is 2. The fraction of sp³-hybridized carbons (Fsp3) is 0.138. The Morgan fingerprint density at radius 1 is 0.647 bits per heavy atom. The number of carboxylic acid groups (broad SMARTS) is 1. The highest BCUT2D eigenvalue weighted by Gasteiger charge is 2.62. The first-order valence-corrected chi connectivity index (χ1v) is 11.3. The van der Waals surface area contributed by atoms with Crippen molar-refractivity contribution < 1.29 is 19.5 Å². The highest BCUT2D eigenvalue weighted by Crippen LogP contribution is 2.58. The third-order valence-electron chi connectivity index (χ3n) is 7.20. The molecular formula is C29H21NO4. The minimum atomic E-state index is -1.05. The second-order valence-corrected chi connectivity index (χ2v) is 8.91. The molecule has 34 heavy (non-hydrogen) atoms. The molecule has 0 aromatic heterocycles. The summed E-state index contributed by atoms with van der Waals surface area (Å²) < 4.78 is 0. The first kappa shape index (κ1) is 20.4. The van der Waals surface area contributed by atoms with Crippen LogP contribution >= 0.6 is 0 Å². The van der Waals surface area contributed by atoms with Crippen molar-refractivity contribution in [1.29, 1.82) is 0 Å². The minimum absolute atomic E-state index is 0.116. The Morgan fingerprint density at radius 3 is 1.56 bits per heavy atom. The molecule has 0 spiro atoms. The summed E-state index contributed by atoms with van der Waals surface area (Å²) in [5, 5.41) is 9.16. The van der Waals surface area contributed by atoms with Crippen molar-refractivity contribution in [2.45, 2.75) is 0 Å². The van der Waals surface area contributed by atoms with Crippen molar-refractivity contribution in [2.24, 2.45) is 23.7 Å². The van der Waals surface area contributed by atoms with E-state index in [1.807, 2.05) is 36.4 Å². The topological polar surface area (TPSA) is 74.7 Å². The lowest BCUT2D eigenvalue weighted by atomic mass is 9.85.